The Morgan fingerprint density at radius 2 is 1.46 bits per heavy atom. The highest BCUT2D eigenvalue weighted by Gasteiger charge is 2.29. The number of nitrogens with zero attached hydrogens (tertiary/aromatic N) is 1. The van der Waals surface area contributed by atoms with Gasteiger partial charge in [-0.3, -0.25) is 19.4 Å². The maximum atomic E-state index is 13.1. The lowest BCUT2D eigenvalue weighted by molar-refractivity contribution is -0.142. The number of carboxylic acid groups (broad SMARTS) is 1. The molecule has 1 rings (SSSR count). The SMILES string of the molecule is NCCCCC(NC(=O)C(CS)NC(=O)C(N)CCCN=C(N)N)C(=O)NC(Cc1ccc(O)cc1)C(=O)O. The van der Waals surface area contributed by atoms with Crippen LogP contribution in [0.25, 0.3) is 0 Å². The number of thiol groups is 1. The first-order valence-electron chi connectivity index (χ1n) is 12.5. The van der Waals surface area contributed by atoms with E-state index in [1.165, 1.54) is 12.1 Å². The number of aliphatic carboxylic acids is 1. The van der Waals surface area contributed by atoms with Crippen molar-refractivity contribution in [2.24, 2.45) is 27.9 Å². The molecule has 1 aromatic carbocycles. The number of guanidine groups is 1. The molecule has 0 radical (unpaired) electrons. The third kappa shape index (κ3) is 13.2. The van der Waals surface area contributed by atoms with Crippen LogP contribution in [0, 0.1) is 0 Å². The standard InChI is InChI=1S/C24H40N8O6S/c25-10-2-1-5-17(21(35)31-18(23(37)38)12-14-6-8-15(33)9-7-14)30-22(36)19(13-39)32-20(34)16(26)4-3-11-29-24(27)28/h6-9,16-19,33,39H,1-5,10-13,25-26H2,(H,30,36)(H,31,35)(H,32,34)(H,37,38)(H4,27,28,29). The van der Waals surface area contributed by atoms with E-state index in [1.54, 1.807) is 12.1 Å². The van der Waals surface area contributed by atoms with Crippen LogP contribution in [0.15, 0.2) is 29.3 Å². The molecule has 0 fully saturated rings. The number of nitrogens with two attached hydrogens (primary N) is 4. The predicted octanol–water partition coefficient (Wildman–Crippen LogP) is -2.09. The Balaban J connectivity index is 2.85. The first-order valence-corrected chi connectivity index (χ1v) is 13.1. The van der Waals surface area contributed by atoms with Gasteiger partial charge in [0.05, 0.1) is 6.04 Å². The molecule has 39 heavy (non-hydrogen) atoms. The van der Waals surface area contributed by atoms with Crippen molar-refractivity contribution in [2.75, 3.05) is 18.8 Å². The molecule has 0 saturated heterocycles. The summed E-state index contributed by atoms with van der Waals surface area (Å²) in [6.45, 7) is 0.667. The average molecular weight is 569 g/mol. The predicted molar refractivity (Wildman–Crippen MR) is 150 cm³/mol. The van der Waals surface area contributed by atoms with Crippen molar-refractivity contribution in [3.8, 4) is 5.75 Å². The van der Waals surface area contributed by atoms with E-state index >= 15 is 0 Å². The Hall–Kier alpha value is -3.56. The number of nitrogens with one attached hydrogen (secondary N) is 3. The number of aliphatic imine (C=N–C) groups is 1. The largest absolute Gasteiger partial charge is 0.508 e. The maximum Gasteiger partial charge on any atom is 0.326 e. The fourth-order valence-electron chi connectivity index (χ4n) is 3.50. The molecule has 0 aliphatic rings. The van der Waals surface area contributed by atoms with Crippen molar-refractivity contribution in [1.82, 2.24) is 16.0 Å². The van der Waals surface area contributed by atoms with E-state index in [0.717, 1.165) is 0 Å². The summed E-state index contributed by atoms with van der Waals surface area (Å²) in [6.07, 6.45) is 1.94. The number of phenolic OH excluding ortho intramolecular Hbond substituents is 1. The number of hydrogen-bond donors (Lipinski definition) is 10. The molecular weight excluding hydrogens is 528 g/mol. The highest BCUT2D eigenvalue weighted by atomic mass is 32.1. The third-order valence-corrected chi connectivity index (χ3v) is 6.06. The van der Waals surface area contributed by atoms with Gasteiger partial charge < -0.3 is 49.1 Å². The van der Waals surface area contributed by atoms with Crippen LogP contribution in [0.5, 0.6) is 5.75 Å². The number of unbranched alkanes of at least 4 members (excludes halogenated alkanes) is 1. The van der Waals surface area contributed by atoms with E-state index in [-0.39, 0.29) is 36.7 Å². The monoisotopic (exact) mass is 568 g/mol. The van der Waals surface area contributed by atoms with Gasteiger partial charge in [0, 0.05) is 18.7 Å². The lowest BCUT2D eigenvalue weighted by Gasteiger charge is -2.24. The molecule has 3 amide bonds. The van der Waals surface area contributed by atoms with Gasteiger partial charge in [-0.2, -0.15) is 12.6 Å². The molecule has 0 spiro atoms. The zero-order valence-electron chi connectivity index (χ0n) is 21.7. The van der Waals surface area contributed by atoms with Crippen LogP contribution in [-0.4, -0.2) is 82.9 Å². The number of carbonyl (C=O) groups excluding carboxylic acids is 3. The molecule has 0 aromatic heterocycles. The summed E-state index contributed by atoms with van der Waals surface area (Å²) in [7, 11) is 0. The fraction of sp³-hybridized carbons (Fsp3) is 0.542. The van der Waals surface area contributed by atoms with Crippen molar-refractivity contribution in [3.63, 3.8) is 0 Å². The van der Waals surface area contributed by atoms with E-state index < -0.39 is 47.9 Å². The molecule has 13 N–H and O–H groups in total. The van der Waals surface area contributed by atoms with E-state index in [2.05, 4.69) is 33.6 Å². The molecule has 1 aromatic rings. The number of phenols is 1. The number of carbonyl (C=O) groups is 4. The van der Waals surface area contributed by atoms with Crippen molar-refractivity contribution in [1.29, 1.82) is 0 Å². The smallest absolute Gasteiger partial charge is 0.326 e. The van der Waals surface area contributed by atoms with E-state index in [4.69, 9.17) is 22.9 Å². The lowest BCUT2D eigenvalue weighted by atomic mass is 10.0. The molecule has 0 bridgehead atoms. The van der Waals surface area contributed by atoms with Gasteiger partial charge in [-0.25, -0.2) is 4.79 Å². The summed E-state index contributed by atoms with van der Waals surface area (Å²) in [5.41, 5.74) is 22.5. The molecule has 0 heterocycles. The van der Waals surface area contributed by atoms with Crippen LogP contribution in [0.2, 0.25) is 0 Å². The summed E-state index contributed by atoms with van der Waals surface area (Å²) < 4.78 is 0. The van der Waals surface area contributed by atoms with Gasteiger partial charge in [0.25, 0.3) is 0 Å². The van der Waals surface area contributed by atoms with Crippen molar-refractivity contribution in [2.45, 2.75) is 62.7 Å². The number of aromatic hydroxyl groups is 1. The maximum absolute atomic E-state index is 13.1. The van der Waals surface area contributed by atoms with Crippen LogP contribution < -0.4 is 38.9 Å². The number of amides is 3. The molecule has 218 valence electrons. The van der Waals surface area contributed by atoms with Crippen LogP contribution in [0.3, 0.4) is 0 Å². The Labute approximate surface area is 232 Å². The molecule has 4 atom stereocenters. The van der Waals surface area contributed by atoms with Gasteiger partial charge in [-0.05, 0) is 56.3 Å². The second-order valence-corrected chi connectivity index (χ2v) is 9.28. The molecular formula is C24H40N8O6S. The van der Waals surface area contributed by atoms with Gasteiger partial charge in [-0.1, -0.05) is 12.1 Å². The fourth-order valence-corrected chi connectivity index (χ4v) is 3.75. The summed E-state index contributed by atoms with van der Waals surface area (Å²) in [4.78, 5) is 54.1. The van der Waals surface area contributed by atoms with Gasteiger partial charge in [-0.15, -0.1) is 0 Å². The molecule has 14 nitrogen and oxygen atoms in total. The van der Waals surface area contributed by atoms with Crippen LogP contribution in [0.1, 0.15) is 37.7 Å². The normalized spacial score (nSPS) is 13.8. The van der Waals surface area contributed by atoms with E-state index in [1.807, 2.05) is 0 Å². The van der Waals surface area contributed by atoms with Crippen LogP contribution in [-0.2, 0) is 25.6 Å². The number of benzene rings is 1. The summed E-state index contributed by atoms with van der Waals surface area (Å²) in [5.74, 6) is -3.35. The van der Waals surface area contributed by atoms with E-state index in [9.17, 15) is 29.4 Å². The second-order valence-electron chi connectivity index (χ2n) is 8.91. The van der Waals surface area contributed by atoms with Gasteiger partial charge in [0.15, 0.2) is 5.96 Å². The average Bonchev–Trinajstić information content (AvgIpc) is 2.89. The van der Waals surface area contributed by atoms with Gasteiger partial charge >= 0.3 is 5.97 Å². The Morgan fingerprint density at radius 3 is 2.03 bits per heavy atom. The number of rotatable bonds is 18. The van der Waals surface area contributed by atoms with Crippen molar-refractivity contribution in [3.05, 3.63) is 29.8 Å². The summed E-state index contributed by atoms with van der Waals surface area (Å²) in [6, 6.07) is 1.52. The molecule has 0 aliphatic carbocycles. The Bertz CT molecular complexity index is 974. The minimum atomic E-state index is -1.28. The summed E-state index contributed by atoms with van der Waals surface area (Å²) in [5, 5.41) is 26.6. The molecule has 0 saturated carbocycles. The van der Waals surface area contributed by atoms with Gasteiger partial charge in [0.1, 0.15) is 23.9 Å². The zero-order valence-corrected chi connectivity index (χ0v) is 22.6. The number of carboxylic acids is 1. The van der Waals surface area contributed by atoms with Crippen LogP contribution >= 0.6 is 12.6 Å². The summed E-state index contributed by atoms with van der Waals surface area (Å²) >= 11 is 4.14. The first-order chi connectivity index (χ1) is 18.5. The van der Waals surface area contributed by atoms with Crippen LogP contribution in [0.4, 0.5) is 0 Å². The minimum absolute atomic E-state index is 0.0232. The topological polar surface area (TPSA) is 261 Å². The minimum Gasteiger partial charge on any atom is -0.508 e. The Kier molecular flexibility index (Phi) is 15.3. The Morgan fingerprint density at radius 1 is 0.872 bits per heavy atom. The molecule has 4 unspecified atom stereocenters. The third-order valence-electron chi connectivity index (χ3n) is 5.69. The highest BCUT2D eigenvalue weighted by Crippen LogP contribution is 2.12. The first kappa shape index (κ1) is 33.5. The highest BCUT2D eigenvalue weighted by molar-refractivity contribution is 7.80. The van der Waals surface area contributed by atoms with Crippen molar-refractivity contribution >= 4 is 42.3 Å². The van der Waals surface area contributed by atoms with E-state index in [0.29, 0.717) is 37.9 Å². The van der Waals surface area contributed by atoms with Crippen molar-refractivity contribution < 1.29 is 29.4 Å². The zero-order chi connectivity index (χ0) is 29.4. The molecule has 15 heteroatoms. The second kappa shape index (κ2) is 17.9. The number of hydrogen-bond acceptors (Lipinski definition) is 9. The quantitative estimate of drug-likeness (QED) is 0.0399. The van der Waals surface area contributed by atoms with Gasteiger partial charge in [0.2, 0.25) is 17.7 Å². The lowest BCUT2D eigenvalue weighted by Crippen LogP contribution is -2.57. The molecule has 0 aliphatic heterocycles.